The Morgan fingerprint density at radius 1 is 0.727 bits per heavy atom. The summed E-state index contributed by atoms with van der Waals surface area (Å²) < 4.78 is 0. The number of unbranched alkanes of at least 4 members (excludes halogenated alkanes) is 10. The second-order valence-corrected chi connectivity index (χ2v) is 6.66. The molecule has 1 N–H and O–H groups in total. The molecule has 130 valence electrons. The molecule has 0 aromatic rings. The Hall–Kier alpha value is -0.270. The molecule has 1 unspecified atom stereocenters. The van der Waals surface area contributed by atoms with Crippen LogP contribution in [0.1, 0.15) is 97.3 Å². The van der Waals surface area contributed by atoms with Gasteiger partial charge in [-0.2, -0.15) is 0 Å². The Balaban J connectivity index is 0.00000441. The largest absolute Gasteiger partial charge is 1.00 e. The van der Waals surface area contributed by atoms with Crippen LogP contribution >= 0.6 is 0 Å². The van der Waals surface area contributed by atoms with Crippen LogP contribution in [0.2, 0.25) is 0 Å². The molecule has 2 heteroatoms. The quantitative estimate of drug-likeness (QED) is 0.467. The Morgan fingerprint density at radius 2 is 1.27 bits per heavy atom. The van der Waals surface area contributed by atoms with Gasteiger partial charge >= 0.3 is 0 Å². The number of halogens is 1. The Labute approximate surface area is 145 Å². The molecule has 0 aromatic carbocycles. The topological polar surface area (TPSA) is 4.44 Å². The minimum atomic E-state index is 0. The summed E-state index contributed by atoms with van der Waals surface area (Å²) in [5.41, 5.74) is 1.55. The molecule has 0 radical (unpaired) electrons. The smallest absolute Gasteiger partial charge is 0.102 e. The van der Waals surface area contributed by atoms with Crippen molar-refractivity contribution in [1.29, 1.82) is 0 Å². The zero-order chi connectivity index (χ0) is 15.2. The Bertz CT molecular complexity index is 296. The molecule has 0 spiro atoms. The second kappa shape index (κ2) is 15.6. The molecule has 0 bridgehead atoms. The molecule has 0 saturated carbocycles. The highest BCUT2D eigenvalue weighted by atomic mass is 35.5. The second-order valence-electron chi connectivity index (χ2n) is 6.66. The van der Waals surface area contributed by atoms with Crippen molar-refractivity contribution in [1.82, 2.24) is 0 Å². The van der Waals surface area contributed by atoms with Crippen LogP contribution in [0.25, 0.3) is 0 Å². The van der Waals surface area contributed by atoms with Crippen LogP contribution < -0.4 is 17.3 Å². The summed E-state index contributed by atoms with van der Waals surface area (Å²) in [6.07, 6.45) is 25.4. The third kappa shape index (κ3) is 11.3. The fraction of sp³-hybridized carbons (Fsp3) is 0.800. The standard InChI is InChI=1S/C20H37N.ClH/c1-3-5-7-8-9-10-11-12-13-14-17-21-18-16-20(19-21)15-6-4-2;/h16,18-19H,3-15,17H2,1-2H3;1H. The molecule has 0 fully saturated rings. The SMILES string of the molecule is CCCCCCCCCCCC[NH+]1C=CC(CCCC)=C1.[Cl-]. The van der Waals surface area contributed by atoms with E-state index in [1.165, 1.54) is 90.0 Å². The van der Waals surface area contributed by atoms with E-state index in [2.05, 4.69) is 32.3 Å². The number of hydrogen-bond acceptors (Lipinski definition) is 0. The maximum atomic E-state index is 2.43. The van der Waals surface area contributed by atoms with Gasteiger partial charge in [-0.15, -0.1) is 0 Å². The van der Waals surface area contributed by atoms with Crippen LogP contribution in [0, 0.1) is 0 Å². The third-order valence-electron chi connectivity index (χ3n) is 4.52. The monoisotopic (exact) mass is 327 g/mol. The molecular weight excluding hydrogens is 290 g/mol. The van der Waals surface area contributed by atoms with Crippen LogP contribution in [0.4, 0.5) is 0 Å². The third-order valence-corrected chi connectivity index (χ3v) is 4.52. The van der Waals surface area contributed by atoms with Crippen molar-refractivity contribution in [3.8, 4) is 0 Å². The van der Waals surface area contributed by atoms with Crippen molar-refractivity contribution in [3.63, 3.8) is 0 Å². The van der Waals surface area contributed by atoms with Gasteiger partial charge in [0.2, 0.25) is 0 Å². The highest BCUT2D eigenvalue weighted by molar-refractivity contribution is 5.17. The van der Waals surface area contributed by atoms with Crippen LogP contribution in [-0.4, -0.2) is 6.54 Å². The van der Waals surface area contributed by atoms with Crippen LogP contribution in [0.5, 0.6) is 0 Å². The van der Waals surface area contributed by atoms with E-state index in [0.29, 0.717) is 0 Å². The molecule has 1 atom stereocenters. The highest BCUT2D eigenvalue weighted by Gasteiger charge is 2.10. The lowest BCUT2D eigenvalue weighted by Crippen LogP contribution is -3.01. The summed E-state index contributed by atoms with van der Waals surface area (Å²) in [6.45, 7) is 5.86. The molecule has 0 saturated heterocycles. The van der Waals surface area contributed by atoms with Crippen molar-refractivity contribution in [3.05, 3.63) is 24.0 Å². The number of rotatable bonds is 14. The van der Waals surface area contributed by atoms with Gasteiger partial charge in [0.1, 0.15) is 6.20 Å². The van der Waals surface area contributed by atoms with E-state index in [0.717, 1.165) is 0 Å². The molecule has 0 aliphatic carbocycles. The highest BCUT2D eigenvalue weighted by Crippen LogP contribution is 2.11. The summed E-state index contributed by atoms with van der Waals surface area (Å²) >= 11 is 0. The van der Waals surface area contributed by atoms with Gasteiger partial charge in [0.25, 0.3) is 0 Å². The lowest BCUT2D eigenvalue weighted by Gasteiger charge is -2.06. The van der Waals surface area contributed by atoms with E-state index in [9.17, 15) is 0 Å². The molecule has 22 heavy (non-hydrogen) atoms. The van der Waals surface area contributed by atoms with Gasteiger partial charge in [-0.25, -0.2) is 0 Å². The van der Waals surface area contributed by atoms with Crippen LogP contribution in [0.3, 0.4) is 0 Å². The maximum Gasteiger partial charge on any atom is 0.102 e. The molecule has 1 aliphatic heterocycles. The number of quaternary nitrogens is 1. The lowest BCUT2D eigenvalue weighted by atomic mass is 10.1. The summed E-state index contributed by atoms with van der Waals surface area (Å²) in [7, 11) is 0. The van der Waals surface area contributed by atoms with E-state index in [4.69, 9.17) is 0 Å². The zero-order valence-electron chi connectivity index (χ0n) is 15.0. The molecule has 1 rings (SSSR count). The van der Waals surface area contributed by atoms with Gasteiger partial charge in [0, 0.05) is 11.6 Å². The van der Waals surface area contributed by atoms with E-state index in [1.807, 2.05) is 0 Å². The van der Waals surface area contributed by atoms with Gasteiger partial charge in [-0.05, 0) is 25.7 Å². The summed E-state index contributed by atoms with van der Waals surface area (Å²) in [4.78, 5) is 1.57. The average Bonchev–Trinajstić information content (AvgIpc) is 2.95. The van der Waals surface area contributed by atoms with Crippen molar-refractivity contribution in [2.75, 3.05) is 6.54 Å². The van der Waals surface area contributed by atoms with E-state index in [1.54, 1.807) is 10.5 Å². The average molecular weight is 328 g/mol. The summed E-state index contributed by atoms with van der Waals surface area (Å²) in [5.74, 6) is 0. The van der Waals surface area contributed by atoms with E-state index < -0.39 is 0 Å². The van der Waals surface area contributed by atoms with Gasteiger partial charge in [-0.3, -0.25) is 4.90 Å². The molecular formula is C20H38ClN. The van der Waals surface area contributed by atoms with Gasteiger partial charge in [0.15, 0.2) is 0 Å². The first-order valence-corrected chi connectivity index (χ1v) is 9.61. The minimum absolute atomic E-state index is 0. The van der Waals surface area contributed by atoms with E-state index >= 15 is 0 Å². The van der Waals surface area contributed by atoms with Gasteiger partial charge in [-0.1, -0.05) is 71.6 Å². The van der Waals surface area contributed by atoms with Crippen molar-refractivity contribution >= 4 is 0 Å². The molecule has 0 aromatic heterocycles. The summed E-state index contributed by atoms with van der Waals surface area (Å²) in [5, 5.41) is 0. The van der Waals surface area contributed by atoms with Crippen LogP contribution in [0.15, 0.2) is 24.0 Å². The number of hydrogen-bond donors (Lipinski definition) is 1. The predicted octanol–water partition coefficient (Wildman–Crippen LogP) is 2.40. The van der Waals surface area contributed by atoms with Crippen LogP contribution in [-0.2, 0) is 0 Å². The lowest BCUT2D eigenvalue weighted by molar-refractivity contribution is -0.788. The van der Waals surface area contributed by atoms with Gasteiger partial charge in [0.05, 0.1) is 12.7 Å². The fourth-order valence-electron chi connectivity index (χ4n) is 3.06. The first-order valence-electron chi connectivity index (χ1n) is 9.61. The minimum Gasteiger partial charge on any atom is -1.00 e. The summed E-state index contributed by atoms with van der Waals surface area (Å²) in [6, 6.07) is 0. The Kier molecular flexibility index (Phi) is 15.4. The normalized spacial score (nSPS) is 16.6. The molecule has 1 nitrogen and oxygen atoms in total. The predicted molar refractivity (Wildman–Crippen MR) is 94.4 cm³/mol. The van der Waals surface area contributed by atoms with E-state index in [-0.39, 0.29) is 12.4 Å². The molecule has 1 heterocycles. The Morgan fingerprint density at radius 3 is 1.86 bits per heavy atom. The first kappa shape index (κ1) is 21.7. The molecule has 1 aliphatic rings. The first-order chi connectivity index (χ1) is 10.4. The fourth-order valence-corrected chi connectivity index (χ4v) is 3.06. The maximum absolute atomic E-state index is 2.43. The van der Waals surface area contributed by atoms with Gasteiger partial charge < -0.3 is 12.4 Å². The van der Waals surface area contributed by atoms with Crippen molar-refractivity contribution in [2.45, 2.75) is 97.3 Å². The van der Waals surface area contributed by atoms with Crippen molar-refractivity contribution < 1.29 is 17.3 Å². The number of nitrogens with one attached hydrogen (secondary N) is 1. The van der Waals surface area contributed by atoms with Crippen molar-refractivity contribution in [2.24, 2.45) is 0 Å². The molecule has 0 amide bonds. The zero-order valence-corrected chi connectivity index (χ0v) is 15.8. The number of allylic oxidation sites excluding steroid dienone is 2.